The number of thiophene rings is 1. The molecular formula is C19H16N4O2S. The van der Waals surface area contributed by atoms with Crippen LogP contribution in [0, 0.1) is 0 Å². The largest absolute Gasteiger partial charge is 0.355 e. The molecule has 130 valence electrons. The lowest BCUT2D eigenvalue weighted by atomic mass is 10.1. The van der Waals surface area contributed by atoms with Crippen molar-refractivity contribution in [2.24, 2.45) is 0 Å². The second kappa shape index (κ2) is 7.37. The highest BCUT2D eigenvalue weighted by atomic mass is 32.1. The predicted octanol–water partition coefficient (Wildman–Crippen LogP) is 3.62. The topological polar surface area (TPSA) is 73.0 Å². The van der Waals surface area contributed by atoms with Crippen LogP contribution in [0.5, 0.6) is 0 Å². The second-order valence-corrected chi connectivity index (χ2v) is 6.65. The standard InChI is InChI=1S/C19H16N4O2S/c24-19(15-12-17(25-22-15)14-6-2-1-3-7-14)20-13-16(18-8-4-11-26-18)23-10-5-9-21-23/h1-12,16H,13H2,(H,20,24)/t16-/m1/s1. The van der Waals surface area contributed by atoms with Crippen molar-refractivity contribution >= 4 is 17.2 Å². The van der Waals surface area contributed by atoms with Gasteiger partial charge in [-0.15, -0.1) is 11.3 Å². The number of hydrogen-bond acceptors (Lipinski definition) is 5. The third kappa shape index (κ3) is 3.43. The van der Waals surface area contributed by atoms with E-state index in [1.807, 2.05) is 64.8 Å². The number of nitrogens with one attached hydrogen (secondary N) is 1. The summed E-state index contributed by atoms with van der Waals surface area (Å²) in [6.45, 7) is 0.411. The maximum Gasteiger partial charge on any atom is 0.273 e. The van der Waals surface area contributed by atoms with E-state index in [2.05, 4.69) is 15.6 Å². The number of aromatic nitrogens is 3. The summed E-state index contributed by atoms with van der Waals surface area (Å²) in [4.78, 5) is 13.6. The Labute approximate surface area is 154 Å². The van der Waals surface area contributed by atoms with Gasteiger partial charge in [-0.3, -0.25) is 9.48 Å². The first-order valence-corrected chi connectivity index (χ1v) is 9.02. The molecule has 1 atom stereocenters. The maximum absolute atomic E-state index is 12.5. The molecule has 1 amide bonds. The Morgan fingerprint density at radius 2 is 2.08 bits per heavy atom. The van der Waals surface area contributed by atoms with Crippen LogP contribution in [0.4, 0.5) is 0 Å². The van der Waals surface area contributed by atoms with Crippen LogP contribution in [0.15, 0.2) is 76.9 Å². The minimum atomic E-state index is -0.273. The maximum atomic E-state index is 12.5. The molecule has 0 saturated carbocycles. The number of carbonyl (C=O) groups excluding carboxylic acids is 1. The van der Waals surface area contributed by atoms with E-state index < -0.39 is 0 Å². The van der Waals surface area contributed by atoms with E-state index in [1.165, 1.54) is 0 Å². The van der Waals surface area contributed by atoms with Gasteiger partial charge >= 0.3 is 0 Å². The number of nitrogens with zero attached hydrogens (tertiary/aromatic N) is 3. The van der Waals surface area contributed by atoms with Crippen LogP contribution in [-0.4, -0.2) is 27.4 Å². The summed E-state index contributed by atoms with van der Waals surface area (Å²) >= 11 is 1.63. The molecule has 0 saturated heterocycles. The molecule has 0 spiro atoms. The van der Waals surface area contributed by atoms with Gasteiger partial charge in [0, 0.05) is 35.4 Å². The molecule has 0 bridgehead atoms. The molecule has 0 aliphatic rings. The van der Waals surface area contributed by atoms with Crippen molar-refractivity contribution in [2.45, 2.75) is 6.04 Å². The van der Waals surface area contributed by atoms with E-state index in [4.69, 9.17) is 4.52 Å². The summed E-state index contributed by atoms with van der Waals surface area (Å²) in [6.07, 6.45) is 3.62. The van der Waals surface area contributed by atoms with Crippen molar-refractivity contribution in [3.8, 4) is 11.3 Å². The highest BCUT2D eigenvalue weighted by Crippen LogP contribution is 2.22. The minimum Gasteiger partial charge on any atom is -0.355 e. The van der Waals surface area contributed by atoms with Gasteiger partial charge in [0.2, 0.25) is 0 Å². The first kappa shape index (κ1) is 16.3. The van der Waals surface area contributed by atoms with Gasteiger partial charge in [-0.25, -0.2) is 0 Å². The molecule has 7 heteroatoms. The lowest BCUT2D eigenvalue weighted by Gasteiger charge is -2.16. The fourth-order valence-electron chi connectivity index (χ4n) is 2.67. The summed E-state index contributed by atoms with van der Waals surface area (Å²) in [5.41, 5.74) is 1.14. The summed E-state index contributed by atoms with van der Waals surface area (Å²) in [6, 6.07) is 17.0. The van der Waals surface area contributed by atoms with Crippen LogP contribution in [-0.2, 0) is 0 Å². The molecule has 0 unspecified atom stereocenters. The van der Waals surface area contributed by atoms with Gasteiger partial charge in [0.1, 0.15) is 6.04 Å². The smallest absolute Gasteiger partial charge is 0.273 e. The van der Waals surface area contributed by atoms with E-state index in [0.29, 0.717) is 12.3 Å². The van der Waals surface area contributed by atoms with E-state index in [-0.39, 0.29) is 17.6 Å². The zero-order valence-corrected chi connectivity index (χ0v) is 14.6. The third-order valence-electron chi connectivity index (χ3n) is 3.97. The van der Waals surface area contributed by atoms with Gasteiger partial charge < -0.3 is 9.84 Å². The van der Waals surface area contributed by atoms with E-state index in [0.717, 1.165) is 10.4 Å². The molecule has 4 rings (SSSR count). The first-order valence-electron chi connectivity index (χ1n) is 8.14. The average Bonchev–Trinajstić information content (AvgIpc) is 3.44. The van der Waals surface area contributed by atoms with Crippen LogP contribution in [0.25, 0.3) is 11.3 Å². The molecule has 4 aromatic rings. The van der Waals surface area contributed by atoms with Crippen LogP contribution in [0.2, 0.25) is 0 Å². The zero-order chi connectivity index (χ0) is 17.8. The highest BCUT2D eigenvalue weighted by molar-refractivity contribution is 7.10. The van der Waals surface area contributed by atoms with Crippen LogP contribution in [0.1, 0.15) is 21.4 Å². The van der Waals surface area contributed by atoms with Crippen molar-refractivity contribution in [3.63, 3.8) is 0 Å². The number of benzene rings is 1. The van der Waals surface area contributed by atoms with Crippen LogP contribution >= 0.6 is 11.3 Å². The Kier molecular flexibility index (Phi) is 4.61. The molecule has 0 aliphatic carbocycles. The van der Waals surface area contributed by atoms with Gasteiger partial charge in [-0.05, 0) is 17.5 Å². The third-order valence-corrected chi connectivity index (χ3v) is 4.95. The Balaban J connectivity index is 1.47. The molecule has 26 heavy (non-hydrogen) atoms. The lowest BCUT2D eigenvalue weighted by Crippen LogP contribution is -2.31. The van der Waals surface area contributed by atoms with Crippen LogP contribution < -0.4 is 5.32 Å². The normalized spacial score (nSPS) is 12.0. The van der Waals surface area contributed by atoms with E-state index in [1.54, 1.807) is 23.6 Å². The first-order chi connectivity index (χ1) is 12.8. The second-order valence-electron chi connectivity index (χ2n) is 5.67. The number of rotatable bonds is 6. The van der Waals surface area contributed by atoms with Crippen molar-refractivity contribution in [3.05, 3.63) is 82.9 Å². The molecule has 3 heterocycles. The quantitative estimate of drug-likeness (QED) is 0.567. The number of carbonyl (C=O) groups is 1. The van der Waals surface area contributed by atoms with Crippen molar-refractivity contribution < 1.29 is 9.32 Å². The monoisotopic (exact) mass is 364 g/mol. The molecule has 0 aliphatic heterocycles. The number of hydrogen-bond donors (Lipinski definition) is 1. The van der Waals surface area contributed by atoms with E-state index in [9.17, 15) is 4.79 Å². The molecular weight excluding hydrogens is 348 g/mol. The summed E-state index contributed by atoms with van der Waals surface area (Å²) < 4.78 is 7.13. The molecule has 1 N–H and O–H groups in total. The molecule has 6 nitrogen and oxygen atoms in total. The average molecular weight is 364 g/mol. The minimum absolute atomic E-state index is 0.0607. The van der Waals surface area contributed by atoms with Crippen molar-refractivity contribution in [1.29, 1.82) is 0 Å². The molecule has 0 radical (unpaired) electrons. The molecule has 0 fully saturated rings. The van der Waals surface area contributed by atoms with Gasteiger partial charge in [-0.1, -0.05) is 41.6 Å². The summed E-state index contributed by atoms with van der Waals surface area (Å²) in [7, 11) is 0. The Hall–Kier alpha value is -3.19. The highest BCUT2D eigenvalue weighted by Gasteiger charge is 2.19. The lowest BCUT2D eigenvalue weighted by molar-refractivity contribution is 0.0940. The molecule has 3 aromatic heterocycles. The van der Waals surface area contributed by atoms with Crippen LogP contribution in [0.3, 0.4) is 0 Å². The van der Waals surface area contributed by atoms with Gasteiger partial charge in [-0.2, -0.15) is 5.10 Å². The summed E-state index contributed by atoms with van der Waals surface area (Å²) in [5, 5.41) is 13.1. The fraction of sp³-hybridized carbons (Fsp3) is 0.105. The molecule has 1 aromatic carbocycles. The van der Waals surface area contributed by atoms with Gasteiger partial charge in [0.25, 0.3) is 5.91 Å². The van der Waals surface area contributed by atoms with Crippen molar-refractivity contribution in [2.75, 3.05) is 6.54 Å². The predicted molar refractivity (Wildman–Crippen MR) is 99.0 cm³/mol. The Bertz CT molecular complexity index is 928. The Morgan fingerprint density at radius 1 is 1.19 bits per heavy atom. The zero-order valence-electron chi connectivity index (χ0n) is 13.8. The van der Waals surface area contributed by atoms with Gasteiger partial charge in [0.05, 0.1) is 0 Å². The Morgan fingerprint density at radius 3 is 2.81 bits per heavy atom. The summed E-state index contributed by atoms with van der Waals surface area (Å²) in [5.74, 6) is 0.294. The van der Waals surface area contributed by atoms with Crippen molar-refractivity contribution in [1.82, 2.24) is 20.3 Å². The fourth-order valence-corrected chi connectivity index (χ4v) is 3.49. The number of amides is 1. The van der Waals surface area contributed by atoms with E-state index >= 15 is 0 Å². The SMILES string of the molecule is O=C(NC[C@H](c1cccs1)n1cccn1)c1cc(-c2ccccc2)on1. The van der Waals surface area contributed by atoms with Gasteiger partial charge in [0.15, 0.2) is 11.5 Å².